The molecule has 5 heteroatoms. The van der Waals surface area contributed by atoms with Gasteiger partial charge in [0.1, 0.15) is 6.10 Å². The first-order valence-electron chi connectivity index (χ1n) is 7.58. The van der Waals surface area contributed by atoms with Gasteiger partial charge in [-0.15, -0.1) is 0 Å². The predicted molar refractivity (Wildman–Crippen MR) is 92.3 cm³/mol. The zero-order chi connectivity index (χ0) is 16.9. The molecule has 4 nitrogen and oxygen atoms in total. The highest BCUT2D eigenvalue weighted by Crippen LogP contribution is 2.33. The molecule has 0 aliphatic carbocycles. The molecule has 0 radical (unpaired) electrons. The minimum atomic E-state index is -0.701. The molecule has 0 fully saturated rings. The molecule has 1 N–H and O–H groups in total. The largest absolute Gasteiger partial charge is 0.482 e. The lowest BCUT2D eigenvalue weighted by atomic mass is 10.1. The van der Waals surface area contributed by atoms with E-state index in [0.717, 1.165) is 5.56 Å². The molecule has 0 saturated heterocycles. The van der Waals surface area contributed by atoms with Crippen LogP contribution in [0.5, 0.6) is 11.5 Å². The monoisotopic (exact) mass is 341 g/mol. The number of para-hydroxylation sites is 2. The summed E-state index contributed by atoms with van der Waals surface area (Å²) in [7, 11) is 0. The van der Waals surface area contributed by atoms with Gasteiger partial charge >= 0.3 is 0 Å². The smallest absolute Gasteiger partial charge is 0.265 e. The van der Waals surface area contributed by atoms with Gasteiger partial charge in [-0.2, -0.15) is 0 Å². The molecule has 0 saturated carbocycles. The first-order valence-corrected chi connectivity index (χ1v) is 7.96. The third-order valence-electron chi connectivity index (χ3n) is 3.51. The normalized spacial score (nSPS) is 18.2. The quantitative estimate of drug-likeness (QED) is 0.854. The van der Waals surface area contributed by atoms with E-state index in [-0.39, 0.29) is 18.6 Å². The van der Waals surface area contributed by atoms with Gasteiger partial charge in [-0.05, 0) is 37.3 Å². The van der Waals surface area contributed by atoms with Crippen molar-refractivity contribution in [2.24, 2.45) is 0 Å². The number of nitrogens with one attached hydrogen (secondary N) is 1. The van der Waals surface area contributed by atoms with Crippen molar-refractivity contribution in [2.75, 3.05) is 6.54 Å². The zero-order valence-electron chi connectivity index (χ0n) is 13.1. The van der Waals surface area contributed by atoms with Gasteiger partial charge in [-0.1, -0.05) is 41.6 Å². The molecule has 24 heavy (non-hydrogen) atoms. The highest BCUT2D eigenvalue weighted by atomic mass is 35.5. The van der Waals surface area contributed by atoms with Gasteiger partial charge in [0.25, 0.3) is 5.91 Å². The number of carbonyl (C=O) groups is 1. The lowest BCUT2D eigenvalue weighted by Crippen LogP contribution is -2.49. The van der Waals surface area contributed by atoms with Crippen molar-refractivity contribution in [3.05, 3.63) is 59.1 Å². The number of halogens is 1. The molecule has 1 aliphatic heterocycles. The average Bonchev–Trinajstić information content (AvgIpc) is 2.58. The van der Waals surface area contributed by atoms with Crippen LogP contribution < -0.4 is 14.8 Å². The summed E-state index contributed by atoms with van der Waals surface area (Å²) in [5, 5.41) is 3.38. The van der Waals surface area contributed by atoms with Gasteiger partial charge in [0, 0.05) is 10.6 Å². The van der Waals surface area contributed by atoms with E-state index in [1.807, 2.05) is 30.3 Å². The summed E-state index contributed by atoms with van der Waals surface area (Å²) >= 11 is 5.90. The molecule has 2 unspecified atom stereocenters. The minimum Gasteiger partial charge on any atom is -0.482 e. The summed E-state index contributed by atoms with van der Waals surface area (Å²) in [6.45, 7) is 2.03. The van der Waals surface area contributed by atoms with Gasteiger partial charge < -0.3 is 14.8 Å². The fourth-order valence-corrected chi connectivity index (χ4v) is 2.54. The Hall–Kier alpha value is -2.64. The highest BCUT2D eigenvalue weighted by molar-refractivity contribution is 6.30. The van der Waals surface area contributed by atoms with Crippen molar-refractivity contribution in [2.45, 2.75) is 19.1 Å². The maximum Gasteiger partial charge on any atom is 0.265 e. The van der Waals surface area contributed by atoms with Crippen LogP contribution in [-0.2, 0) is 4.79 Å². The molecular weight excluding hydrogens is 326 g/mol. The van der Waals surface area contributed by atoms with Crippen molar-refractivity contribution in [3.63, 3.8) is 0 Å². The zero-order valence-corrected chi connectivity index (χ0v) is 13.8. The SMILES string of the molecule is CC1Oc2ccccc2OC1C(=O)NCC#Cc1cccc(Cl)c1. The van der Waals surface area contributed by atoms with Crippen LogP contribution in [0.2, 0.25) is 5.02 Å². The summed E-state index contributed by atoms with van der Waals surface area (Å²) in [4.78, 5) is 12.3. The number of rotatable bonds is 2. The van der Waals surface area contributed by atoms with Crippen molar-refractivity contribution in [1.29, 1.82) is 0 Å². The molecule has 0 spiro atoms. The summed E-state index contributed by atoms with van der Waals surface area (Å²) in [5.41, 5.74) is 0.802. The number of hydrogen-bond donors (Lipinski definition) is 1. The van der Waals surface area contributed by atoms with Crippen molar-refractivity contribution in [3.8, 4) is 23.3 Å². The standard InChI is InChI=1S/C19H16ClNO3/c1-13-18(24-17-10-3-2-9-16(17)23-13)19(22)21-11-5-7-14-6-4-8-15(20)12-14/h2-4,6,8-10,12-13,18H,11H2,1H3,(H,21,22). The molecular formula is C19H16ClNO3. The number of amides is 1. The third kappa shape index (κ3) is 3.81. The maximum atomic E-state index is 12.3. The molecule has 1 aliphatic rings. The van der Waals surface area contributed by atoms with Crippen LogP contribution in [0, 0.1) is 11.8 Å². The Morgan fingerprint density at radius 3 is 2.67 bits per heavy atom. The summed E-state index contributed by atoms with van der Waals surface area (Å²) in [6, 6.07) is 14.5. The third-order valence-corrected chi connectivity index (χ3v) is 3.74. The molecule has 2 atom stereocenters. The van der Waals surface area contributed by atoms with E-state index in [1.54, 1.807) is 25.1 Å². The molecule has 3 rings (SSSR count). The number of fused-ring (bicyclic) bond motifs is 1. The van der Waals surface area contributed by atoms with Crippen LogP contribution in [0.15, 0.2) is 48.5 Å². The van der Waals surface area contributed by atoms with Gasteiger partial charge in [0.15, 0.2) is 11.5 Å². The number of benzene rings is 2. The molecule has 1 heterocycles. The Morgan fingerprint density at radius 2 is 1.92 bits per heavy atom. The summed E-state index contributed by atoms with van der Waals surface area (Å²) in [6.07, 6.45) is -1.08. The van der Waals surface area contributed by atoms with E-state index in [4.69, 9.17) is 21.1 Å². The van der Waals surface area contributed by atoms with Crippen LogP contribution in [0.1, 0.15) is 12.5 Å². The second-order valence-corrected chi connectivity index (χ2v) is 5.77. The fraction of sp³-hybridized carbons (Fsp3) is 0.211. The van der Waals surface area contributed by atoms with Crippen LogP contribution in [-0.4, -0.2) is 24.7 Å². The van der Waals surface area contributed by atoms with Gasteiger partial charge in [-0.3, -0.25) is 4.79 Å². The molecule has 2 aromatic carbocycles. The average molecular weight is 342 g/mol. The second-order valence-electron chi connectivity index (χ2n) is 5.34. The first-order chi connectivity index (χ1) is 11.6. The first kappa shape index (κ1) is 16.2. The number of ether oxygens (including phenoxy) is 2. The Morgan fingerprint density at radius 1 is 1.17 bits per heavy atom. The van der Waals surface area contributed by atoms with E-state index >= 15 is 0 Å². The van der Waals surface area contributed by atoms with E-state index in [9.17, 15) is 4.79 Å². The lowest BCUT2D eigenvalue weighted by Gasteiger charge is -2.30. The Kier molecular flexibility index (Phi) is 4.93. The molecule has 1 amide bonds. The van der Waals surface area contributed by atoms with Crippen LogP contribution in [0.4, 0.5) is 0 Å². The molecule has 0 bridgehead atoms. The minimum absolute atomic E-state index is 0.222. The highest BCUT2D eigenvalue weighted by Gasteiger charge is 2.33. The van der Waals surface area contributed by atoms with Crippen molar-refractivity contribution in [1.82, 2.24) is 5.32 Å². The van der Waals surface area contributed by atoms with Gasteiger partial charge in [-0.25, -0.2) is 0 Å². The van der Waals surface area contributed by atoms with Crippen molar-refractivity contribution < 1.29 is 14.3 Å². The lowest BCUT2D eigenvalue weighted by molar-refractivity contribution is -0.133. The van der Waals surface area contributed by atoms with Crippen LogP contribution >= 0.6 is 11.6 Å². The van der Waals surface area contributed by atoms with Gasteiger partial charge in [0.05, 0.1) is 6.54 Å². The number of hydrogen-bond acceptors (Lipinski definition) is 3. The van der Waals surface area contributed by atoms with E-state index < -0.39 is 6.10 Å². The topological polar surface area (TPSA) is 47.6 Å². The van der Waals surface area contributed by atoms with Crippen LogP contribution in [0.3, 0.4) is 0 Å². The molecule has 0 aromatic heterocycles. The summed E-state index contributed by atoms with van der Waals surface area (Å²) < 4.78 is 11.5. The van der Waals surface area contributed by atoms with Crippen molar-refractivity contribution >= 4 is 17.5 Å². The predicted octanol–water partition coefficient (Wildman–Crippen LogP) is 3.04. The fourth-order valence-electron chi connectivity index (χ4n) is 2.35. The molecule has 2 aromatic rings. The van der Waals surface area contributed by atoms with Crippen LogP contribution in [0.25, 0.3) is 0 Å². The van der Waals surface area contributed by atoms with E-state index in [2.05, 4.69) is 17.2 Å². The van der Waals surface area contributed by atoms with E-state index in [0.29, 0.717) is 16.5 Å². The maximum absolute atomic E-state index is 12.3. The Bertz CT molecular complexity index is 809. The second kappa shape index (κ2) is 7.29. The Labute approximate surface area is 145 Å². The number of carbonyl (C=O) groups excluding carboxylic acids is 1. The van der Waals surface area contributed by atoms with E-state index in [1.165, 1.54) is 0 Å². The molecule has 122 valence electrons. The Balaban J connectivity index is 1.58. The van der Waals surface area contributed by atoms with Gasteiger partial charge in [0.2, 0.25) is 6.10 Å². The summed E-state index contributed by atoms with van der Waals surface area (Å²) in [5.74, 6) is 6.81.